The minimum absolute atomic E-state index is 0.0343. The van der Waals surface area contributed by atoms with E-state index in [1.54, 1.807) is 29.1 Å². The lowest BCUT2D eigenvalue weighted by Crippen LogP contribution is -2.14. The lowest BCUT2D eigenvalue weighted by Gasteiger charge is -2.10. The maximum Gasteiger partial charge on any atom is 0.266 e. The highest BCUT2D eigenvalue weighted by Crippen LogP contribution is 2.30. The molecule has 2 aromatic heterocycles. The van der Waals surface area contributed by atoms with Crippen LogP contribution in [-0.4, -0.2) is 30.5 Å². The SMILES string of the molecule is COc1cc(C)ccc1S(=O)(=O)Nc1noc2cc(Cn3cccn3)ccc12. The molecule has 0 atom stereocenters. The first-order chi connectivity index (χ1) is 13.5. The number of rotatable bonds is 6. The number of hydrogen-bond acceptors (Lipinski definition) is 6. The van der Waals surface area contributed by atoms with Crippen molar-refractivity contribution in [1.29, 1.82) is 0 Å². The number of sulfonamides is 1. The number of benzene rings is 2. The van der Waals surface area contributed by atoms with Crippen LogP contribution in [0.25, 0.3) is 11.0 Å². The Balaban J connectivity index is 1.64. The highest BCUT2D eigenvalue weighted by molar-refractivity contribution is 7.92. The van der Waals surface area contributed by atoms with E-state index in [2.05, 4.69) is 15.0 Å². The smallest absolute Gasteiger partial charge is 0.266 e. The fourth-order valence-corrected chi connectivity index (χ4v) is 4.08. The molecule has 0 fully saturated rings. The lowest BCUT2D eigenvalue weighted by atomic mass is 10.1. The minimum atomic E-state index is -3.90. The summed E-state index contributed by atoms with van der Waals surface area (Å²) in [4.78, 5) is 0.0343. The standard InChI is InChI=1S/C19H18N4O4S/c1-13-4-7-18(17(10-13)26-2)28(24,25)22-19-15-6-5-14(11-16(15)27-21-19)12-23-9-3-8-20-23/h3-11H,12H2,1-2H3,(H,21,22). The van der Waals surface area contributed by atoms with Crippen LogP contribution in [0.4, 0.5) is 5.82 Å². The Morgan fingerprint density at radius 2 is 2.07 bits per heavy atom. The lowest BCUT2D eigenvalue weighted by molar-refractivity contribution is 0.402. The molecule has 0 bridgehead atoms. The van der Waals surface area contributed by atoms with Crippen LogP contribution in [0.2, 0.25) is 0 Å². The fourth-order valence-electron chi connectivity index (χ4n) is 2.91. The molecule has 0 unspecified atom stereocenters. The molecule has 28 heavy (non-hydrogen) atoms. The Kier molecular flexibility index (Phi) is 4.52. The molecule has 2 aromatic carbocycles. The maximum absolute atomic E-state index is 12.8. The molecule has 0 saturated carbocycles. The van der Waals surface area contributed by atoms with Gasteiger partial charge < -0.3 is 9.26 Å². The van der Waals surface area contributed by atoms with Crippen molar-refractivity contribution in [3.05, 3.63) is 66.0 Å². The van der Waals surface area contributed by atoms with Gasteiger partial charge in [-0.3, -0.25) is 9.40 Å². The third-order valence-corrected chi connectivity index (χ3v) is 5.66. The summed E-state index contributed by atoms with van der Waals surface area (Å²) in [5, 5.41) is 8.63. The van der Waals surface area contributed by atoms with Crippen LogP contribution in [0.5, 0.6) is 5.75 Å². The van der Waals surface area contributed by atoms with Crippen molar-refractivity contribution in [2.75, 3.05) is 11.8 Å². The van der Waals surface area contributed by atoms with E-state index in [9.17, 15) is 8.42 Å². The van der Waals surface area contributed by atoms with Gasteiger partial charge in [-0.15, -0.1) is 0 Å². The summed E-state index contributed by atoms with van der Waals surface area (Å²) in [5.74, 6) is 0.394. The molecule has 4 aromatic rings. The Labute approximate surface area is 161 Å². The first-order valence-electron chi connectivity index (χ1n) is 8.49. The summed E-state index contributed by atoms with van der Waals surface area (Å²) in [6, 6.07) is 12.2. The van der Waals surface area contributed by atoms with Crippen molar-refractivity contribution < 1.29 is 17.7 Å². The van der Waals surface area contributed by atoms with E-state index in [0.717, 1.165) is 11.1 Å². The van der Waals surface area contributed by atoms with E-state index in [4.69, 9.17) is 9.26 Å². The molecule has 0 radical (unpaired) electrons. The summed E-state index contributed by atoms with van der Waals surface area (Å²) in [6.45, 7) is 2.43. The zero-order valence-electron chi connectivity index (χ0n) is 15.3. The largest absolute Gasteiger partial charge is 0.495 e. The van der Waals surface area contributed by atoms with Gasteiger partial charge in [-0.1, -0.05) is 17.3 Å². The van der Waals surface area contributed by atoms with Crippen LogP contribution in [0, 0.1) is 6.92 Å². The number of ether oxygens (including phenoxy) is 1. The Bertz CT molecular complexity index is 1230. The van der Waals surface area contributed by atoms with Gasteiger partial charge >= 0.3 is 0 Å². The van der Waals surface area contributed by atoms with Gasteiger partial charge in [-0.05, 0) is 48.4 Å². The Morgan fingerprint density at radius 1 is 1.21 bits per heavy atom. The molecule has 0 aliphatic heterocycles. The molecule has 0 spiro atoms. The Morgan fingerprint density at radius 3 is 2.82 bits per heavy atom. The molecule has 2 heterocycles. The summed E-state index contributed by atoms with van der Waals surface area (Å²) >= 11 is 0. The van der Waals surface area contributed by atoms with Gasteiger partial charge in [0.15, 0.2) is 11.4 Å². The van der Waals surface area contributed by atoms with Crippen LogP contribution >= 0.6 is 0 Å². The number of hydrogen-bond donors (Lipinski definition) is 1. The van der Waals surface area contributed by atoms with E-state index in [1.165, 1.54) is 13.2 Å². The number of aryl methyl sites for hydroxylation is 1. The first kappa shape index (κ1) is 18.1. The summed E-state index contributed by atoms with van der Waals surface area (Å²) in [7, 11) is -2.47. The summed E-state index contributed by atoms with van der Waals surface area (Å²) in [5.41, 5.74) is 2.34. The molecule has 0 aliphatic carbocycles. The van der Waals surface area contributed by atoms with Crippen molar-refractivity contribution >= 4 is 26.8 Å². The van der Waals surface area contributed by atoms with Gasteiger partial charge in [0.1, 0.15) is 10.6 Å². The number of fused-ring (bicyclic) bond motifs is 1. The zero-order chi connectivity index (χ0) is 19.7. The number of nitrogens with one attached hydrogen (secondary N) is 1. The van der Waals surface area contributed by atoms with Gasteiger partial charge in [0.2, 0.25) is 0 Å². The predicted molar refractivity (Wildman–Crippen MR) is 104 cm³/mol. The van der Waals surface area contributed by atoms with Crippen molar-refractivity contribution in [2.45, 2.75) is 18.4 Å². The predicted octanol–water partition coefficient (Wildman–Crippen LogP) is 3.19. The number of anilines is 1. The molecular formula is C19H18N4O4S. The monoisotopic (exact) mass is 398 g/mol. The first-order valence-corrected chi connectivity index (χ1v) is 9.98. The van der Waals surface area contributed by atoms with E-state index in [1.807, 2.05) is 31.3 Å². The van der Waals surface area contributed by atoms with E-state index in [-0.39, 0.29) is 16.5 Å². The average Bonchev–Trinajstić information content (AvgIpc) is 3.31. The molecule has 4 rings (SSSR count). The zero-order valence-corrected chi connectivity index (χ0v) is 16.1. The molecule has 9 heteroatoms. The third kappa shape index (κ3) is 3.44. The quantitative estimate of drug-likeness (QED) is 0.535. The van der Waals surface area contributed by atoms with Gasteiger partial charge in [-0.2, -0.15) is 5.10 Å². The van der Waals surface area contributed by atoms with Crippen molar-refractivity contribution in [1.82, 2.24) is 14.9 Å². The van der Waals surface area contributed by atoms with Crippen LogP contribution < -0.4 is 9.46 Å². The van der Waals surface area contributed by atoms with Crippen LogP contribution in [0.1, 0.15) is 11.1 Å². The minimum Gasteiger partial charge on any atom is -0.495 e. The molecule has 1 N–H and O–H groups in total. The molecule has 0 aliphatic rings. The van der Waals surface area contributed by atoms with Crippen LogP contribution in [-0.2, 0) is 16.6 Å². The topological polar surface area (TPSA) is 99.3 Å². The van der Waals surface area contributed by atoms with E-state index in [0.29, 0.717) is 17.5 Å². The van der Waals surface area contributed by atoms with Gasteiger partial charge in [0.05, 0.1) is 19.0 Å². The second kappa shape index (κ2) is 7.01. The molecule has 8 nitrogen and oxygen atoms in total. The molecular weight excluding hydrogens is 380 g/mol. The highest BCUT2D eigenvalue weighted by atomic mass is 32.2. The fraction of sp³-hybridized carbons (Fsp3) is 0.158. The van der Waals surface area contributed by atoms with Crippen molar-refractivity contribution in [2.24, 2.45) is 0 Å². The molecule has 0 amide bonds. The van der Waals surface area contributed by atoms with Crippen molar-refractivity contribution in [3.8, 4) is 5.75 Å². The Hall–Kier alpha value is -3.33. The highest BCUT2D eigenvalue weighted by Gasteiger charge is 2.22. The second-order valence-corrected chi connectivity index (χ2v) is 7.98. The summed E-state index contributed by atoms with van der Waals surface area (Å²) < 4.78 is 40.5. The number of methoxy groups -OCH3 is 1. The summed E-state index contributed by atoms with van der Waals surface area (Å²) in [6.07, 6.45) is 3.57. The van der Waals surface area contributed by atoms with E-state index < -0.39 is 10.0 Å². The van der Waals surface area contributed by atoms with Gasteiger partial charge in [0, 0.05) is 12.4 Å². The number of aromatic nitrogens is 3. The third-order valence-electron chi connectivity index (χ3n) is 4.28. The van der Waals surface area contributed by atoms with Crippen molar-refractivity contribution in [3.63, 3.8) is 0 Å². The van der Waals surface area contributed by atoms with E-state index >= 15 is 0 Å². The normalized spacial score (nSPS) is 11.6. The molecule has 144 valence electrons. The van der Waals surface area contributed by atoms with Gasteiger partial charge in [-0.25, -0.2) is 8.42 Å². The molecule has 0 saturated heterocycles. The maximum atomic E-state index is 12.8. The van der Waals surface area contributed by atoms with Gasteiger partial charge in [0.25, 0.3) is 10.0 Å². The average molecular weight is 398 g/mol. The number of nitrogens with zero attached hydrogens (tertiary/aromatic N) is 3. The van der Waals surface area contributed by atoms with Crippen LogP contribution in [0.15, 0.2) is 64.3 Å². The van der Waals surface area contributed by atoms with Crippen LogP contribution in [0.3, 0.4) is 0 Å². The second-order valence-electron chi connectivity index (χ2n) is 6.33.